The van der Waals surface area contributed by atoms with Gasteiger partial charge in [-0.25, -0.2) is 0 Å². The summed E-state index contributed by atoms with van der Waals surface area (Å²) in [7, 11) is 0. The summed E-state index contributed by atoms with van der Waals surface area (Å²) in [6.07, 6.45) is 1.74. The Kier molecular flexibility index (Phi) is 5.20. The zero-order valence-electron chi connectivity index (χ0n) is 14.9. The summed E-state index contributed by atoms with van der Waals surface area (Å²) in [5.74, 6) is 1.00. The van der Waals surface area contributed by atoms with Crippen LogP contribution in [0.15, 0.2) is 72.0 Å². The summed E-state index contributed by atoms with van der Waals surface area (Å²) in [5.41, 5.74) is 6.95. The molecule has 0 unspecified atom stereocenters. The van der Waals surface area contributed by atoms with Crippen LogP contribution in [0, 0.1) is 0 Å². The molecule has 7 nitrogen and oxygen atoms in total. The molecule has 0 bridgehead atoms. The Morgan fingerprint density at radius 2 is 1.86 bits per heavy atom. The SMILES string of the molecule is NC(=O)CSc1nnc(COc2cccc3cccnc23)n1-c1ccccc1. The minimum atomic E-state index is -0.410. The second kappa shape index (κ2) is 8.10. The fraction of sp³-hybridized carbons (Fsp3) is 0.100. The molecule has 140 valence electrons. The number of nitrogens with two attached hydrogens (primary N) is 1. The van der Waals surface area contributed by atoms with Crippen molar-refractivity contribution < 1.29 is 9.53 Å². The molecule has 2 heterocycles. The van der Waals surface area contributed by atoms with E-state index in [0.717, 1.165) is 16.6 Å². The van der Waals surface area contributed by atoms with Crippen LogP contribution in [0.25, 0.3) is 16.6 Å². The lowest BCUT2D eigenvalue weighted by molar-refractivity contribution is -0.115. The van der Waals surface area contributed by atoms with Gasteiger partial charge < -0.3 is 10.5 Å². The highest BCUT2D eigenvalue weighted by Crippen LogP contribution is 2.26. The number of primary amides is 1. The van der Waals surface area contributed by atoms with Gasteiger partial charge in [0.25, 0.3) is 0 Å². The number of aromatic nitrogens is 4. The molecule has 0 radical (unpaired) electrons. The first-order valence-corrected chi connectivity index (χ1v) is 9.58. The highest BCUT2D eigenvalue weighted by atomic mass is 32.2. The third-order valence-electron chi connectivity index (χ3n) is 4.01. The number of benzene rings is 2. The van der Waals surface area contributed by atoms with Gasteiger partial charge in [0.1, 0.15) is 17.9 Å². The second-order valence-corrected chi connectivity index (χ2v) is 6.89. The van der Waals surface area contributed by atoms with Gasteiger partial charge in [0.05, 0.1) is 5.75 Å². The number of thioether (sulfide) groups is 1. The van der Waals surface area contributed by atoms with Crippen LogP contribution in [0.1, 0.15) is 5.82 Å². The molecule has 0 fully saturated rings. The average molecular weight is 391 g/mol. The molecular weight excluding hydrogens is 374 g/mol. The summed E-state index contributed by atoms with van der Waals surface area (Å²) >= 11 is 1.24. The number of rotatable bonds is 7. The molecule has 2 aromatic carbocycles. The maximum absolute atomic E-state index is 11.2. The molecule has 8 heteroatoms. The molecule has 0 aliphatic carbocycles. The average Bonchev–Trinajstić information content (AvgIpc) is 3.14. The highest BCUT2D eigenvalue weighted by Gasteiger charge is 2.16. The summed E-state index contributed by atoms with van der Waals surface area (Å²) in [6.45, 7) is 0.203. The highest BCUT2D eigenvalue weighted by molar-refractivity contribution is 7.99. The van der Waals surface area contributed by atoms with E-state index in [1.807, 2.05) is 65.2 Å². The number of fused-ring (bicyclic) bond motifs is 1. The number of hydrogen-bond acceptors (Lipinski definition) is 6. The number of carbonyl (C=O) groups is 1. The van der Waals surface area contributed by atoms with E-state index in [-0.39, 0.29) is 12.4 Å². The molecular formula is C20H17N5O2S. The van der Waals surface area contributed by atoms with Crippen molar-refractivity contribution in [3.8, 4) is 11.4 Å². The monoisotopic (exact) mass is 391 g/mol. The molecule has 2 aromatic heterocycles. The summed E-state index contributed by atoms with van der Waals surface area (Å²) in [4.78, 5) is 15.6. The van der Waals surface area contributed by atoms with Gasteiger partial charge >= 0.3 is 0 Å². The molecule has 0 spiro atoms. The smallest absolute Gasteiger partial charge is 0.227 e. The van der Waals surface area contributed by atoms with Crippen molar-refractivity contribution in [2.24, 2.45) is 5.73 Å². The first-order chi connectivity index (χ1) is 13.7. The van der Waals surface area contributed by atoms with Crippen molar-refractivity contribution in [1.29, 1.82) is 0 Å². The van der Waals surface area contributed by atoms with Gasteiger partial charge in [-0.2, -0.15) is 0 Å². The molecule has 2 N–H and O–H groups in total. The van der Waals surface area contributed by atoms with Crippen LogP contribution in [0.2, 0.25) is 0 Å². The van der Waals surface area contributed by atoms with Crippen LogP contribution in [0.5, 0.6) is 5.75 Å². The number of hydrogen-bond donors (Lipinski definition) is 1. The molecule has 0 atom stereocenters. The normalized spacial score (nSPS) is 10.9. The number of nitrogens with zero attached hydrogens (tertiary/aromatic N) is 4. The molecule has 0 saturated carbocycles. The van der Waals surface area contributed by atoms with Crippen molar-refractivity contribution >= 4 is 28.6 Å². The Hall–Kier alpha value is -3.39. The Morgan fingerprint density at radius 3 is 2.68 bits per heavy atom. The first-order valence-electron chi connectivity index (χ1n) is 8.60. The maximum atomic E-state index is 11.2. The molecule has 28 heavy (non-hydrogen) atoms. The van der Waals surface area contributed by atoms with Gasteiger partial charge in [-0.15, -0.1) is 10.2 Å². The topological polar surface area (TPSA) is 95.9 Å². The zero-order chi connectivity index (χ0) is 19.3. The lowest BCUT2D eigenvalue weighted by Gasteiger charge is -2.11. The Balaban J connectivity index is 1.65. The quantitative estimate of drug-likeness (QED) is 0.487. The third kappa shape index (κ3) is 3.81. The first kappa shape index (κ1) is 18.0. The molecule has 0 aliphatic heterocycles. The van der Waals surface area contributed by atoms with Gasteiger partial charge in [-0.05, 0) is 24.3 Å². The van der Waals surface area contributed by atoms with Crippen LogP contribution < -0.4 is 10.5 Å². The van der Waals surface area contributed by atoms with E-state index in [1.165, 1.54) is 11.8 Å². The Bertz CT molecular complexity index is 1110. The van der Waals surface area contributed by atoms with Crippen molar-refractivity contribution in [3.05, 3.63) is 72.7 Å². The maximum Gasteiger partial charge on any atom is 0.227 e. The fourth-order valence-electron chi connectivity index (χ4n) is 2.79. The number of carbonyl (C=O) groups excluding carboxylic acids is 1. The van der Waals surface area contributed by atoms with Crippen LogP contribution >= 0.6 is 11.8 Å². The minimum absolute atomic E-state index is 0.124. The Morgan fingerprint density at radius 1 is 1.04 bits per heavy atom. The van der Waals surface area contributed by atoms with Crippen LogP contribution in [-0.2, 0) is 11.4 Å². The summed E-state index contributed by atoms with van der Waals surface area (Å²) in [5, 5.41) is 10.1. The number of pyridine rings is 1. The number of amides is 1. The van der Waals surface area contributed by atoms with E-state index >= 15 is 0 Å². The molecule has 0 aliphatic rings. The molecule has 4 rings (SSSR count). The predicted octanol–water partition coefficient (Wildman–Crippen LogP) is 2.97. The van der Waals surface area contributed by atoms with E-state index < -0.39 is 5.91 Å². The second-order valence-electron chi connectivity index (χ2n) is 5.94. The van der Waals surface area contributed by atoms with Gasteiger partial charge in [0.15, 0.2) is 11.0 Å². The fourth-order valence-corrected chi connectivity index (χ4v) is 3.50. The van der Waals surface area contributed by atoms with Crippen molar-refractivity contribution in [3.63, 3.8) is 0 Å². The number of para-hydroxylation sites is 2. The van der Waals surface area contributed by atoms with Crippen LogP contribution in [0.4, 0.5) is 0 Å². The summed E-state index contributed by atoms with van der Waals surface area (Å²) in [6, 6.07) is 19.3. The van der Waals surface area contributed by atoms with E-state index in [9.17, 15) is 4.79 Å². The van der Waals surface area contributed by atoms with Crippen LogP contribution in [-0.4, -0.2) is 31.4 Å². The van der Waals surface area contributed by atoms with Gasteiger partial charge in [-0.3, -0.25) is 14.3 Å². The van der Waals surface area contributed by atoms with Crippen molar-refractivity contribution in [2.45, 2.75) is 11.8 Å². The zero-order valence-corrected chi connectivity index (χ0v) is 15.7. The van der Waals surface area contributed by atoms with Gasteiger partial charge in [0.2, 0.25) is 5.91 Å². The van der Waals surface area contributed by atoms with E-state index in [1.54, 1.807) is 6.20 Å². The van der Waals surface area contributed by atoms with E-state index in [0.29, 0.717) is 16.7 Å². The lowest BCUT2D eigenvalue weighted by atomic mass is 10.2. The number of ether oxygens (including phenoxy) is 1. The minimum Gasteiger partial charge on any atom is -0.483 e. The lowest BCUT2D eigenvalue weighted by Crippen LogP contribution is -2.14. The van der Waals surface area contributed by atoms with Crippen molar-refractivity contribution in [1.82, 2.24) is 19.7 Å². The standard InChI is InChI=1S/C20H17N5O2S/c21-17(26)13-28-20-24-23-18(25(20)15-8-2-1-3-9-15)12-27-16-10-4-6-14-7-5-11-22-19(14)16/h1-11H,12-13H2,(H2,21,26). The predicted molar refractivity (Wildman–Crippen MR) is 107 cm³/mol. The molecule has 1 amide bonds. The molecule has 4 aromatic rings. The van der Waals surface area contributed by atoms with Gasteiger partial charge in [-0.1, -0.05) is 48.2 Å². The Labute approximate surface area is 165 Å². The largest absolute Gasteiger partial charge is 0.483 e. The van der Waals surface area contributed by atoms with Gasteiger partial charge in [0, 0.05) is 17.3 Å². The van der Waals surface area contributed by atoms with E-state index in [2.05, 4.69) is 15.2 Å². The summed E-state index contributed by atoms with van der Waals surface area (Å²) < 4.78 is 7.89. The van der Waals surface area contributed by atoms with Crippen molar-refractivity contribution in [2.75, 3.05) is 5.75 Å². The third-order valence-corrected chi connectivity index (χ3v) is 4.96. The van der Waals surface area contributed by atoms with E-state index in [4.69, 9.17) is 10.5 Å². The molecule has 0 saturated heterocycles. The van der Waals surface area contributed by atoms with Crippen LogP contribution in [0.3, 0.4) is 0 Å².